The van der Waals surface area contributed by atoms with Crippen LogP contribution in [0.25, 0.3) is 83.0 Å². The van der Waals surface area contributed by atoms with E-state index >= 15 is 0 Å². The second kappa shape index (κ2) is 9.29. The molecule has 43 heavy (non-hydrogen) atoms. The van der Waals surface area contributed by atoms with Crippen molar-refractivity contribution in [3.8, 4) is 28.7 Å². The molecule has 9 aromatic rings. The molecule has 0 amide bonds. The molecule has 9 rings (SSSR count). The molecule has 0 N–H and O–H groups in total. The Morgan fingerprint density at radius 1 is 0.442 bits per heavy atom. The molecule has 6 aromatic carbocycles. The highest BCUT2D eigenvalue weighted by Crippen LogP contribution is 2.34. The van der Waals surface area contributed by atoms with Crippen molar-refractivity contribution >= 4 is 54.3 Å². The molecule has 0 radical (unpaired) electrons. The van der Waals surface area contributed by atoms with Gasteiger partial charge in [0.2, 0.25) is 5.95 Å². The van der Waals surface area contributed by atoms with Crippen LogP contribution in [0.4, 0.5) is 0 Å². The molecule has 0 unspecified atom stereocenters. The zero-order chi connectivity index (χ0) is 28.3. The van der Waals surface area contributed by atoms with Crippen LogP contribution in [0.3, 0.4) is 0 Å². The summed E-state index contributed by atoms with van der Waals surface area (Å²) in [6.45, 7) is 0. The summed E-state index contributed by atoms with van der Waals surface area (Å²) in [5.74, 6) is 1.77. The molecule has 200 valence electrons. The predicted octanol–water partition coefficient (Wildman–Crippen LogP) is 9.16. The van der Waals surface area contributed by atoms with Crippen molar-refractivity contribution in [1.82, 2.24) is 24.5 Å². The number of hydrogen-bond donors (Lipinski definition) is 0. The second-order valence-corrected chi connectivity index (χ2v) is 10.8. The number of rotatable bonds is 3. The third kappa shape index (κ3) is 3.72. The van der Waals surface area contributed by atoms with Crippen molar-refractivity contribution in [2.45, 2.75) is 0 Å². The zero-order valence-electron chi connectivity index (χ0n) is 23.0. The molecule has 0 atom stereocenters. The van der Waals surface area contributed by atoms with E-state index < -0.39 is 0 Å². The van der Waals surface area contributed by atoms with E-state index in [1.165, 1.54) is 16.2 Å². The van der Waals surface area contributed by atoms with Crippen LogP contribution < -0.4 is 0 Å². The van der Waals surface area contributed by atoms with Gasteiger partial charge in [-0.3, -0.25) is 9.55 Å². The molecule has 0 saturated heterocycles. The first kappa shape index (κ1) is 23.7. The maximum absolute atomic E-state index is 5.09. The van der Waals surface area contributed by atoms with Crippen LogP contribution in [0.5, 0.6) is 0 Å². The van der Waals surface area contributed by atoms with Gasteiger partial charge in [0.15, 0.2) is 11.6 Å². The summed E-state index contributed by atoms with van der Waals surface area (Å²) in [4.78, 5) is 20.1. The maximum atomic E-state index is 5.09. The monoisotopic (exact) mass is 549 g/mol. The lowest BCUT2D eigenvalue weighted by atomic mass is 9.99. The summed E-state index contributed by atoms with van der Waals surface area (Å²) in [5.41, 5.74) is 4.84. The largest absolute Gasteiger partial charge is 0.278 e. The summed E-state index contributed by atoms with van der Waals surface area (Å²) >= 11 is 0. The van der Waals surface area contributed by atoms with Gasteiger partial charge in [-0.1, -0.05) is 115 Å². The highest BCUT2D eigenvalue weighted by molar-refractivity contribution is 6.19. The van der Waals surface area contributed by atoms with Crippen LogP contribution in [0.2, 0.25) is 0 Å². The molecular formula is C38H23N5. The van der Waals surface area contributed by atoms with Crippen LogP contribution in [-0.4, -0.2) is 24.5 Å². The Labute approximate surface area is 246 Å². The molecule has 5 heteroatoms. The van der Waals surface area contributed by atoms with Crippen LogP contribution in [0, 0.1) is 0 Å². The van der Waals surface area contributed by atoms with E-state index in [4.69, 9.17) is 19.9 Å². The molecular weight excluding hydrogens is 526 g/mol. The number of para-hydroxylation sites is 2. The van der Waals surface area contributed by atoms with E-state index in [1.54, 1.807) is 0 Å². The highest BCUT2D eigenvalue weighted by atomic mass is 15.2. The Hall–Kier alpha value is -5.94. The third-order valence-corrected chi connectivity index (χ3v) is 8.25. The second-order valence-electron chi connectivity index (χ2n) is 10.8. The maximum Gasteiger partial charge on any atom is 0.238 e. The number of pyridine rings is 1. The van der Waals surface area contributed by atoms with Gasteiger partial charge in [-0.05, 0) is 34.4 Å². The van der Waals surface area contributed by atoms with Crippen molar-refractivity contribution in [2.75, 3.05) is 0 Å². The van der Waals surface area contributed by atoms with Gasteiger partial charge in [0.1, 0.15) is 0 Å². The first-order chi connectivity index (χ1) is 21.3. The quantitative estimate of drug-likeness (QED) is 0.206. The van der Waals surface area contributed by atoms with Gasteiger partial charge in [0, 0.05) is 38.9 Å². The van der Waals surface area contributed by atoms with Crippen molar-refractivity contribution in [3.63, 3.8) is 0 Å². The van der Waals surface area contributed by atoms with Gasteiger partial charge in [-0.25, -0.2) is 4.98 Å². The first-order valence-electron chi connectivity index (χ1n) is 14.3. The fraction of sp³-hybridized carbons (Fsp3) is 0. The molecule has 0 spiro atoms. The van der Waals surface area contributed by atoms with E-state index in [2.05, 4.69) is 108 Å². The molecule has 0 aliphatic heterocycles. The Kier molecular flexibility index (Phi) is 5.13. The minimum absolute atomic E-state index is 0.575. The van der Waals surface area contributed by atoms with Gasteiger partial charge in [0.05, 0.1) is 16.6 Å². The van der Waals surface area contributed by atoms with Gasteiger partial charge in [0.25, 0.3) is 0 Å². The van der Waals surface area contributed by atoms with Crippen molar-refractivity contribution in [1.29, 1.82) is 0 Å². The van der Waals surface area contributed by atoms with Crippen molar-refractivity contribution < 1.29 is 0 Å². The zero-order valence-corrected chi connectivity index (χ0v) is 23.0. The fourth-order valence-electron chi connectivity index (χ4n) is 6.26. The summed E-state index contributed by atoms with van der Waals surface area (Å²) in [6, 6.07) is 46.1. The topological polar surface area (TPSA) is 56.5 Å². The van der Waals surface area contributed by atoms with Gasteiger partial charge >= 0.3 is 0 Å². The minimum Gasteiger partial charge on any atom is -0.278 e. The highest BCUT2D eigenvalue weighted by Gasteiger charge is 2.18. The van der Waals surface area contributed by atoms with E-state index in [9.17, 15) is 0 Å². The fourth-order valence-corrected chi connectivity index (χ4v) is 6.26. The normalized spacial score (nSPS) is 11.7. The number of hydrogen-bond acceptors (Lipinski definition) is 4. The van der Waals surface area contributed by atoms with Crippen LogP contribution in [0.1, 0.15) is 0 Å². The van der Waals surface area contributed by atoms with Crippen LogP contribution in [-0.2, 0) is 0 Å². The predicted molar refractivity (Wildman–Crippen MR) is 175 cm³/mol. The molecule has 3 aromatic heterocycles. The van der Waals surface area contributed by atoms with Crippen LogP contribution >= 0.6 is 0 Å². The van der Waals surface area contributed by atoms with E-state index in [-0.39, 0.29) is 0 Å². The van der Waals surface area contributed by atoms with Gasteiger partial charge < -0.3 is 0 Å². The lowest BCUT2D eigenvalue weighted by Gasteiger charge is -2.12. The standard InChI is InChI=1S/C38H23N5/c1-2-11-26(12-3-1)36-40-37(42-38(41-36)43-32-16-8-6-14-30(32)31-15-7-9-17-33(31)43)28-22-27-21-20-25-19-18-24-10-4-5-13-29(24)34(25)35(27)39-23-28/h1-23H. The van der Waals surface area contributed by atoms with Crippen molar-refractivity contribution in [3.05, 3.63) is 140 Å². The van der Waals surface area contributed by atoms with E-state index in [0.29, 0.717) is 17.6 Å². The number of benzene rings is 6. The van der Waals surface area contributed by atoms with Gasteiger partial charge in [-0.2, -0.15) is 9.97 Å². The average molecular weight is 550 g/mol. The van der Waals surface area contributed by atoms with Gasteiger partial charge in [-0.15, -0.1) is 0 Å². The van der Waals surface area contributed by atoms with E-state index in [0.717, 1.165) is 49.2 Å². The summed E-state index contributed by atoms with van der Waals surface area (Å²) in [5, 5.41) is 8.10. The molecule has 0 bridgehead atoms. The molecule has 0 aliphatic rings. The van der Waals surface area contributed by atoms with Crippen LogP contribution in [0.15, 0.2) is 140 Å². The lowest BCUT2D eigenvalue weighted by Crippen LogP contribution is -2.06. The summed E-state index contributed by atoms with van der Waals surface area (Å²) in [6.07, 6.45) is 1.89. The molecule has 0 fully saturated rings. The Morgan fingerprint density at radius 2 is 1.02 bits per heavy atom. The SMILES string of the molecule is c1ccc(-c2nc(-c3cnc4c(ccc5ccc6ccccc6c54)c3)nc(-n3c4ccccc4c4ccccc43)n2)cc1. The van der Waals surface area contributed by atoms with E-state index in [1.807, 2.05) is 36.5 Å². The number of nitrogens with zero attached hydrogens (tertiary/aromatic N) is 5. The molecule has 0 aliphatic carbocycles. The number of aromatic nitrogens is 5. The Morgan fingerprint density at radius 3 is 1.77 bits per heavy atom. The summed E-state index contributed by atoms with van der Waals surface area (Å²) < 4.78 is 2.14. The lowest BCUT2D eigenvalue weighted by molar-refractivity contribution is 0.953. The molecule has 0 saturated carbocycles. The summed E-state index contributed by atoms with van der Waals surface area (Å²) in [7, 11) is 0. The average Bonchev–Trinajstić information content (AvgIpc) is 3.42. The third-order valence-electron chi connectivity index (χ3n) is 8.25. The Balaban J connectivity index is 1.31. The minimum atomic E-state index is 0.575. The number of fused-ring (bicyclic) bond motifs is 8. The first-order valence-corrected chi connectivity index (χ1v) is 14.3. The Bertz CT molecular complexity index is 2460. The molecule has 5 nitrogen and oxygen atoms in total. The van der Waals surface area contributed by atoms with Crippen molar-refractivity contribution in [2.24, 2.45) is 0 Å². The smallest absolute Gasteiger partial charge is 0.238 e. The molecule has 3 heterocycles.